The van der Waals surface area contributed by atoms with Gasteiger partial charge >= 0.3 is 0 Å². The van der Waals surface area contributed by atoms with Crippen molar-refractivity contribution in [1.29, 1.82) is 0 Å². The molecule has 166 valence electrons. The summed E-state index contributed by atoms with van der Waals surface area (Å²) in [6.45, 7) is 5.52. The van der Waals surface area contributed by atoms with Crippen LogP contribution in [-0.2, 0) is 17.8 Å². The average molecular weight is 441 g/mol. The van der Waals surface area contributed by atoms with Crippen LogP contribution in [0.3, 0.4) is 0 Å². The molecule has 2 aromatic rings. The van der Waals surface area contributed by atoms with E-state index >= 15 is 0 Å². The molecule has 0 spiro atoms. The number of fused-ring (bicyclic) bond motifs is 1. The summed E-state index contributed by atoms with van der Waals surface area (Å²) in [5.74, 6) is 1.09. The molecule has 7 heteroatoms. The minimum atomic E-state index is 0.141. The van der Waals surface area contributed by atoms with Gasteiger partial charge in [-0.15, -0.1) is 11.3 Å². The van der Waals surface area contributed by atoms with E-state index < -0.39 is 0 Å². The van der Waals surface area contributed by atoms with Gasteiger partial charge in [-0.25, -0.2) is 4.98 Å². The molecule has 3 aliphatic rings. The molecule has 2 fully saturated rings. The van der Waals surface area contributed by atoms with E-state index in [4.69, 9.17) is 9.72 Å². The highest BCUT2D eigenvalue weighted by atomic mass is 32.1. The third-order valence-corrected chi connectivity index (χ3v) is 8.22. The molecule has 1 aromatic heterocycles. The van der Waals surface area contributed by atoms with Gasteiger partial charge in [0.25, 0.3) is 0 Å². The zero-order valence-corrected chi connectivity index (χ0v) is 19.5. The van der Waals surface area contributed by atoms with Gasteiger partial charge in [0.1, 0.15) is 16.9 Å². The number of likely N-dealkylation sites (tertiary alicyclic amines) is 1. The molecule has 0 N–H and O–H groups in total. The molecule has 31 heavy (non-hydrogen) atoms. The molecule has 1 aliphatic carbocycles. The number of benzene rings is 1. The lowest BCUT2D eigenvalue weighted by Gasteiger charge is -2.41. The van der Waals surface area contributed by atoms with Gasteiger partial charge in [-0.05, 0) is 44.8 Å². The summed E-state index contributed by atoms with van der Waals surface area (Å²) in [6.07, 6.45) is 4.73. The zero-order chi connectivity index (χ0) is 21.5. The number of likely N-dealkylation sites (N-methyl/N-ethyl adjacent to an activating group) is 1. The Morgan fingerprint density at radius 1 is 1.19 bits per heavy atom. The van der Waals surface area contributed by atoms with Gasteiger partial charge in [-0.2, -0.15) is 0 Å². The first-order chi connectivity index (χ1) is 15.0. The molecule has 1 saturated carbocycles. The van der Waals surface area contributed by atoms with Crippen molar-refractivity contribution in [2.45, 2.75) is 57.3 Å². The van der Waals surface area contributed by atoms with Crippen molar-refractivity contribution in [3.63, 3.8) is 0 Å². The minimum Gasteiger partial charge on any atom is -0.490 e. The van der Waals surface area contributed by atoms with Gasteiger partial charge in [0.05, 0.1) is 12.2 Å². The smallest absolute Gasteiger partial charge is 0.219 e. The van der Waals surface area contributed by atoms with E-state index in [0.29, 0.717) is 24.7 Å². The highest BCUT2D eigenvalue weighted by Crippen LogP contribution is 2.35. The SMILES string of the molecule is CC(=O)N1CCc2nc(-c3ccc(OC4CC(N5CC[C@@H](N(C)C)C5)C4)cc3)sc2C1. The third kappa shape index (κ3) is 4.36. The van der Waals surface area contributed by atoms with Crippen LogP contribution in [0.1, 0.15) is 36.8 Å². The number of carbonyl (C=O) groups excluding carboxylic acids is 1. The van der Waals surface area contributed by atoms with Crippen molar-refractivity contribution >= 4 is 17.2 Å². The minimum absolute atomic E-state index is 0.141. The van der Waals surface area contributed by atoms with Gasteiger partial charge in [-0.1, -0.05) is 0 Å². The van der Waals surface area contributed by atoms with E-state index in [1.807, 2.05) is 4.90 Å². The van der Waals surface area contributed by atoms with Crippen LogP contribution < -0.4 is 4.74 Å². The number of nitrogens with zero attached hydrogens (tertiary/aromatic N) is 4. The lowest BCUT2D eigenvalue weighted by Crippen LogP contribution is -2.49. The second-order valence-electron chi connectivity index (χ2n) is 9.37. The maximum Gasteiger partial charge on any atom is 0.219 e. The summed E-state index contributed by atoms with van der Waals surface area (Å²) in [5.41, 5.74) is 2.27. The summed E-state index contributed by atoms with van der Waals surface area (Å²) >= 11 is 1.71. The number of ether oxygens (including phenoxy) is 1. The Kier molecular flexibility index (Phi) is 5.75. The predicted molar refractivity (Wildman–Crippen MR) is 123 cm³/mol. The largest absolute Gasteiger partial charge is 0.490 e. The maximum absolute atomic E-state index is 11.7. The second kappa shape index (κ2) is 8.52. The predicted octanol–water partition coefficient (Wildman–Crippen LogP) is 3.26. The lowest BCUT2D eigenvalue weighted by molar-refractivity contribution is -0.129. The molecule has 6 nitrogen and oxygen atoms in total. The van der Waals surface area contributed by atoms with Gasteiger partial charge in [-0.3, -0.25) is 9.69 Å². The monoisotopic (exact) mass is 440 g/mol. The van der Waals surface area contributed by atoms with Crippen LogP contribution in [0.25, 0.3) is 10.6 Å². The molecule has 3 heterocycles. The molecule has 2 aliphatic heterocycles. The lowest BCUT2D eigenvalue weighted by atomic mass is 9.88. The van der Waals surface area contributed by atoms with E-state index in [1.165, 1.54) is 24.4 Å². The highest BCUT2D eigenvalue weighted by molar-refractivity contribution is 7.15. The summed E-state index contributed by atoms with van der Waals surface area (Å²) < 4.78 is 6.23. The fourth-order valence-electron chi connectivity index (χ4n) is 4.91. The van der Waals surface area contributed by atoms with Gasteiger partial charge < -0.3 is 14.5 Å². The number of aromatic nitrogens is 1. The highest BCUT2D eigenvalue weighted by Gasteiger charge is 2.38. The van der Waals surface area contributed by atoms with Crippen molar-refractivity contribution < 1.29 is 9.53 Å². The Bertz CT molecular complexity index is 936. The third-order valence-electron chi connectivity index (χ3n) is 7.09. The van der Waals surface area contributed by atoms with Crippen LogP contribution in [0.2, 0.25) is 0 Å². The van der Waals surface area contributed by atoms with Crippen molar-refractivity contribution in [3.8, 4) is 16.3 Å². The maximum atomic E-state index is 11.7. The van der Waals surface area contributed by atoms with Crippen LogP contribution >= 0.6 is 11.3 Å². The van der Waals surface area contributed by atoms with Gasteiger partial charge in [0, 0.05) is 68.3 Å². The number of thiazole rings is 1. The van der Waals surface area contributed by atoms with Crippen LogP contribution in [0, 0.1) is 0 Å². The first-order valence-corrected chi connectivity index (χ1v) is 12.2. The van der Waals surface area contributed by atoms with Crippen LogP contribution in [0.5, 0.6) is 5.75 Å². The van der Waals surface area contributed by atoms with E-state index in [-0.39, 0.29) is 5.91 Å². The van der Waals surface area contributed by atoms with E-state index in [1.54, 1.807) is 18.3 Å². The van der Waals surface area contributed by atoms with Crippen LogP contribution in [0.4, 0.5) is 0 Å². The summed E-state index contributed by atoms with van der Waals surface area (Å²) in [7, 11) is 4.37. The second-order valence-corrected chi connectivity index (χ2v) is 10.5. The van der Waals surface area contributed by atoms with Crippen LogP contribution in [0.15, 0.2) is 24.3 Å². The number of rotatable bonds is 5. The van der Waals surface area contributed by atoms with E-state index in [2.05, 4.69) is 48.2 Å². The molecule has 1 amide bonds. The molecule has 1 saturated heterocycles. The summed E-state index contributed by atoms with van der Waals surface area (Å²) in [6, 6.07) is 9.76. The first-order valence-electron chi connectivity index (χ1n) is 11.4. The van der Waals surface area contributed by atoms with Gasteiger partial charge in [0.15, 0.2) is 0 Å². The normalized spacial score (nSPS) is 26.1. The average Bonchev–Trinajstić information content (AvgIpc) is 3.37. The van der Waals surface area contributed by atoms with E-state index in [0.717, 1.165) is 47.8 Å². The van der Waals surface area contributed by atoms with Crippen molar-refractivity contribution in [3.05, 3.63) is 34.8 Å². The zero-order valence-electron chi connectivity index (χ0n) is 18.7. The van der Waals surface area contributed by atoms with Crippen molar-refractivity contribution in [2.24, 2.45) is 0 Å². The van der Waals surface area contributed by atoms with Crippen molar-refractivity contribution in [2.75, 3.05) is 33.7 Å². The Hall–Kier alpha value is -1.96. The quantitative estimate of drug-likeness (QED) is 0.714. The molecular weight excluding hydrogens is 408 g/mol. The molecule has 1 aromatic carbocycles. The number of amides is 1. The number of carbonyl (C=O) groups is 1. The topological polar surface area (TPSA) is 48.9 Å². The Balaban J connectivity index is 1.15. The Morgan fingerprint density at radius 3 is 2.65 bits per heavy atom. The number of hydrogen-bond acceptors (Lipinski definition) is 6. The van der Waals surface area contributed by atoms with E-state index in [9.17, 15) is 4.79 Å². The number of hydrogen-bond donors (Lipinski definition) is 0. The Morgan fingerprint density at radius 2 is 1.97 bits per heavy atom. The Labute approximate surface area is 188 Å². The standard InChI is InChI=1S/C24H32N4O2S/c1-16(29)27-11-9-22-23(15-27)31-24(25-22)17-4-6-20(7-5-17)30-21-12-19(13-21)28-10-8-18(14-28)26(2)3/h4-7,18-19,21H,8-15H2,1-3H3/t18-,19?,21?/m1/s1. The van der Waals surface area contributed by atoms with Crippen molar-refractivity contribution in [1.82, 2.24) is 19.7 Å². The summed E-state index contributed by atoms with van der Waals surface area (Å²) in [5, 5.41) is 1.04. The fraction of sp³-hybridized carbons (Fsp3) is 0.583. The molecule has 0 radical (unpaired) electrons. The molecule has 0 unspecified atom stereocenters. The molecule has 5 rings (SSSR count). The molecular formula is C24H32N4O2S. The van der Waals surface area contributed by atoms with Gasteiger partial charge in [0.2, 0.25) is 5.91 Å². The fourth-order valence-corrected chi connectivity index (χ4v) is 6.04. The van der Waals surface area contributed by atoms with Crippen LogP contribution in [-0.4, -0.2) is 77.5 Å². The molecule has 1 atom stereocenters. The molecule has 0 bridgehead atoms. The first kappa shape index (κ1) is 20.9. The summed E-state index contributed by atoms with van der Waals surface area (Å²) in [4.78, 5) is 24.6.